The Balaban J connectivity index is 2.33. The van der Waals surface area contributed by atoms with Gasteiger partial charge in [-0.1, -0.05) is 34.5 Å². The minimum Gasteiger partial charge on any atom is -0.276 e. The molecule has 0 fully saturated rings. The molecule has 2 aromatic rings. The average molecular weight is 310 g/mol. The van der Waals surface area contributed by atoms with E-state index in [2.05, 4.69) is 14.7 Å². The molecule has 0 atom stereocenters. The third-order valence-electron chi connectivity index (χ3n) is 1.73. The molecule has 0 aliphatic carbocycles. The largest absolute Gasteiger partial charge is 0.276 e. The molecule has 0 aliphatic rings. The number of aromatic nitrogens is 2. The first-order chi connectivity index (χ1) is 7.99. The lowest BCUT2D eigenvalue weighted by Gasteiger charge is -2.06. The fourth-order valence-electron chi connectivity index (χ4n) is 1.01. The van der Waals surface area contributed by atoms with Gasteiger partial charge in [0.1, 0.15) is 0 Å². The minimum absolute atomic E-state index is 0.0161. The molecule has 0 radical (unpaired) electrons. The van der Waals surface area contributed by atoms with Gasteiger partial charge in [-0.2, -0.15) is 0 Å². The van der Waals surface area contributed by atoms with Crippen LogP contribution >= 0.6 is 34.5 Å². The predicted molar refractivity (Wildman–Crippen MR) is 67.2 cm³/mol. The summed E-state index contributed by atoms with van der Waals surface area (Å²) in [7, 11) is -3.72. The molecule has 1 N–H and O–H groups in total. The first kappa shape index (κ1) is 12.6. The van der Waals surface area contributed by atoms with Crippen LogP contribution < -0.4 is 4.72 Å². The molecule has 9 heteroatoms. The lowest BCUT2D eigenvalue weighted by atomic mass is 10.4. The molecule has 2 rings (SSSR count). The second-order valence-electron chi connectivity index (χ2n) is 2.89. The zero-order chi connectivity index (χ0) is 12.5. The van der Waals surface area contributed by atoms with Gasteiger partial charge in [0.2, 0.25) is 0 Å². The van der Waals surface area contributed by atoms with Crippen LogP contribution in [0.5, 0.6) is 0 Å². The zero-order valence-corrected chi connectivity index (χ0v) is 11.2. The van der Waals surface area contributed by atoms with Crippen molar-refractivity contribution >= 4 is 50.2 Å². The van der Waals surface area contributed by atoms with Gasteiger partial charge in [0.15, 0.2) is 8.68 Å². The molecule has 90 valence electrons. The molecule has 0 amide bonds. The van der Waals surface area contributed by atoms with Crippen molar-refractivity contribution in [3.05, 3.63) is 34.1 Å². The number of hydrogen-bond donors (Lipinski definition) is 1. The number of rotatable bonds is 3. The van der Waals surface area contributed by atoms with Gasteiger partial charge in [0.25, 0.3) is 10.0 Å². The van der Waals surface area contributed by atoms with Gasteiger partial charge >= 0.3 is 0 Å². The van der Waals surface area contributed by atoms with Crippen molar-refractivity contribution in [1.82, 2.24) is 9.97 Å². The highest BCUT2D eigenvalue weighted by molar-refractivity contribution is 7.94. The summed E-state index contributed by atoms with van der Waals surface area (Å²) in [5.74, 6) is 0. The Morgan fingerprint density at radius 2 is 2.06 bits per heavy atom. The standard InChI is InChI=1S/C8H5Cl2N3O2S2/c9-5-1-2-11-3-6(5)13-17(14,15)7-4-12-8(10)16-7/h1-4,13H. The summed E-state index contributed by atoms with van der Waals surface area (Å²) in [4.78, 5) is 7.44. The average Bonchev–Trinajstić information content (AvgIpc) is 2.69. The Morgan fingerprint density at radius 3 is 2.65 bits per heavy atom. The Morgan fingerprint density at radius 1 is 1.29 bits per heavy atom. The summed E-state index contributed by atoms with van der Waals surface area (Å²) in [6.45, 7) is 0. The first-order valence-electron chi connectivity index (χ1n) is 4.23. The third kappa shape index (κ3) is 2.86. The minimum atomic E-state index is -3.72. The number of anilines is 1. The maximum atomic E-state index is 11.9. The van der Waals surface area contributed by atoms with Crippen molar-refractivity contribution in [2.75, 3.05) is 4.72 Å². The number of sulfonamides is 1. The third-order valence-corrected chi connectivity index (χ3v) is 5.00. The molecular weight excluding hydrogens is 305 g/mol. The molecule has 0 unspecified atom stereocenters. The highest BCUT2D eigenvalue weighted by Gasteiger charge is 2.18. The zero-order valence-electron chi connectivity index (χ0n) is 8.09. The summed E-state index contributed by atoms with van der Waals surface area (Å²) >= 11 is 12.3. The molecule has 0 bridgehead atoms. The fraction of sp³-hybridized carbons (Fsp3) is 0. The van der Waals surface area contributed by atoms with Gasteiger partial charge in [0.05, 0.1) is 23.1 Å². The van der Waals surface area contributed by atoms with Crippen LogP contribution in [0.4, 0.5) is 5.69 Å². The Kier molecular flexibility index (Phi) is 3.53. The van der Waals surface area contributed by atoms with E-state index in [0.29, 0.717) is 0 Å². The van der Waals surface area contributed by atoms with E-state index in [4.69, 9.17) is 23.2 Å². The van der Waals surface area contributed by atoms with Crippen LogP contribution in [0.15, 0.2) is 28.9 Å². The molecule has 2 heterocycles. The van der Waals surface area contributed by atoms with Crippen LogP contribution in [0, 0.1) is 0 Å². The number of halogens is 2. The van der Waals surface area contributed by atoms with Crippen molar-refractivity contribution in [2.24, 2.45) is 0 Å². The fourth-order valence-corrected chi connectivity index (χ4v) is 3.58. The van der Waals surface area contributed by atoms with Gasteiger partial charge in [-0.3, -0.25) is 9.71 Å². The van der Waals surface area contributed by atoms with E-state index in [9.17, 15) is 8.42 Å². The predicted octanol–water partition coefficient (Wildman–Crippen LogP) is 2.65. The van der Waals surface area contributed by atoms with Crippen LogP contribution in [0.25, 0.3) is 0 Å². The van der Waals surface area contributed by atoms with Crippen LogP contribution in [-0.4, -0.2) is 18.4 Å². The molecule has 0 aliphatic heterocycles. The molecule has 2 aromatic heterocycles. The van der Waals surface area contributed by atoms with E-state index in [1.54, 1.807) is 0 Å². The van der Waals surface area contributed by atoms with E-state index >= 15 is 0 Å². The highest BCUT2D eigenvalue weighted by Crippen LogP contribution is 2.27. The number of thiazole rings is 1. The lowest BCUT2D eigenvalue weighted by molar-refractivity contribution is 0.603. The number of nitrogens with zero attached hydrogens (tertiary/aromatic N) is 2. The van der Waals surface area contributed by atoms with Crippen LogP contribution in [-0.2, 0) is 10.0 Å². The van der Waals surface area contributed by atoms with Crippen molar-refractivity contribution in [1.29, 1.82) is 0 Å². The Bertz CT molecular complexity index is 642. The molecule has 0 aromatic carbocycles. The molecule has 0 saturated heterocycles. The molecule has 17 heavy (non-hydrogen) atoms. The quantitative estimate of drug-likeness (QED) is 0.946. The Hall–Kier alpha value is -0.890. The van der Waals surface area contributed by atoms with Gasteiger partial charge in [-0.15, -0.1) is 0 Å². The topological polar surface area (TPSA) is 72.0 Å². The van der Waals surface area contributed by atoms with Crippen molar-refractivity contribution in [3.63, 3.8) is 0 Å². The lowest BCUT2D eigenvalue weighted by Crippen LogP contribution is -2.11. The molecular formula is C8H5Cl2N3O2S2. The maximum Gasteiger partial charge on any atom is 0.273 e. The number of hydrogen-bond acceptors (Lipinski definition) is 5. The number of nitrogens with one attached hydrogen (secondary N) is 1. The van der Waals surface area contributed by atoms with Crippen LogP contribution in [0.2, 0.25) is 9.49 Å². The summed E-state index contributed by atoms with van der Waals surface area (Å²) in [5.41, 5.74) is 0.207. The maximum absolute atomic E-state index is 11.9. The second kappa shape index (κ2) is 4.77. The summed E-state index contributed by atoms with van der Waals surface area (Å²) in [5, 5.41) is 0.263. The number of pyridine rings is 1. The van der Waals surface area contributed by atoms with Crippen molar-refractivity contribution in [2.45, 2.75) is 4.21 Å². The van der Waals surface area contributed by atoms with Crippen LogP contribution in [0.3, 0.4) is 0 Å². The summed E-state index contributed by atoms with van der Waals surface area (Å²) in [6, 6.07) is 1.49. The van der Waals surface area contributed by atoms with Gasteiger partial charge in [0, 0.05) is 6.20 Å². The highest BCUT2D eigenvalue weighted by atomic mass is 35.5. The van der Waals surface area contributed by atoms with Crippen molar-refractivity contribution < 1.29 is 8.42 Å². The van der Waals surface area contributed by atoms with Crippen molar-refractivity contribution in [3.8, 4) is 0 Å². The Labute approximate surface area is 111 Å². The SMILES string of the molecule is O=S(=O)(Nc1cnccc1Cl)c1cnc(Cl)s1. The molecule has 5 nitrogen and oxygen atoms in total. The van der Waals surface area contributed by atoms with Gasteiger partial charge in [-0.05, 0) is 6.07 Å². The van der Waals surface area contributed by atoms with Gasteiger partial charge in [-0.25, -0.2) is 13.4 Å². The normalized spacial score (nSPS) is 11.4. The first-order valence-corrected chi connectivity index (χ1v) is 7.28. The van der Waals surface area contributed by atoms with E-state index in [-0.39, 0.29) is 19.4 Å². The van der Waals surface area contributed by atoms with Gasteiger partial charge < -0.3 is 0 Å². The molecule has 0 saturated carbocycles. The summed E-state index contributed by atoms with van der Waals surface area (Å²) < 4.78 is 26.2. The second-order valence-corrected chi connectivity index (χ2v) is 6.82. The van der Waals surface area contributed by atoms with E-state index in [1.807, 2.05) is 0 Å². The van der Waals surface area contributed by atoms with E-state index < -0.39 is 10.0 Å². The monoisotopic (exact) mass is 309 g/mol. The van der Waals surface area contributed by atoms with E-state index in [0.717, 1.165) is 11.3 Å². The van der Waals surface area contributed by atoms with E-state index in [1.165, 1.54) is 24.7 Å². The smallest absolute Gasteiger partial charge is 0.273 e. The molecule has 0 spiro atoms. The summed E-state index contributed by atoms with van der Waals surface area (Å²) in [6.07, 6.45) is 3.96. The van der Waals surface area contributed by atoms with Crippen LogP contribution in [0.1, 0.15) is 0 Å².